The first-order valence-electron chi connectivity index (χ1n) is 5.41. The topological polar surface area (TPSA) is 32.6 Å². The van der Waals surface area contributed by atoms with E-state index in [1.54, 1.807) is 0 Å². The van der Waals surface area contributed by atoms with Gasteiger partial charge in [-0.15, -0.1) is 0 Å². The number of oxime groups is 1. The van der Waals surface area contributed by atoms with Gasteiger partial charge in [-0.05, 0) is 25.7 Å². The van der Waals surface area contributed by atoms with Gasteiger partial charge in [-0.1, -0.05) is 48.5 Å². The minimum atomic E-state index is 0.634. The maximum atomic E-state index is 8.77. The zero-order valence-corrected chi connectivity index (χ0v) is 9.26. The van der Waals surface area contributed by atoms with E-state index in [2.05, 4.69) is 5.16 Å². The number of hydrogen-bond donors (Lipinski definition) is 1. The van der Waals surface area contributed by atoms with Crippen molar-refractivity contribution in [1.29, 1.82) is 0 Å². The highest BCUT2D eigenvalue weighted by atomic mass is 35.5. The molecule has 0 unspecified atom stereocenters. The van der Waals surface area contributed by atoms with E-state index in [1.807, 2.05) is 6.08 Å². The van der Waals surface area contributed by atoms with Gasteiger partial charge in [0.2, 0.25) is 0 Å². The minimum Gasteiger partial charge on any atom is -0.411 e. The van der Waals surface area contributed by atoms with E-state index in [4.69, 9.17) is 16.8 Å². The van der Waals surface area contributed by atoms with Crippen molar-refractivity contribution in [2.45, 2.75) is 51.4 Å². The van der Waals surface area contributed by atoms with Gasteiger partial charge in [0.05, 0.1) is 10.7 Å². The third-order valence-electron chi connectivity index (χ3n) is 2.59. The largest absolute Gasteiger partial charge is 0.411 e. The molecular weight excluding hydrogens is 198 g/mol. The van der Waals surface area contributed by atoms with Crippen LogP contribution >= 0.6 is 11.6 Å². The molecule has 1 N–H and O–H groups in total. The molecule has 0 aromatic carbocycles. The Morgan fingerprint density at radius 3 is 2.43 bits per heavy atom. The second-order valence-corrected chi connectivity index (χ2v) is 4.17. The van der Waals surface area contributed by atoms with Crippen LogP contribution in [-0.2, 0) is 0 Å². The summed E-state index contributed by atoms with van der Waals surface area (Å²) in [5.41, 5.74) is 0.647. The van der Waals surface area contributed by atoms with E-state index in [1.165, 1.54) is 32.1 Å². The molecule has 2 nitrogen and oxygen atoms in total. The molecule has 3 heteroatoms. The normalized spacial score (nSPS) is 24.1. The van der Waals surface area contributed by atoms with Gasteiger partial charge in [-0.2, -0.15) is 0 Å². The van der Waals surface area contributed by atoms with E-state index in [0.717, 1.165) is 19.3 Å². The average molecular weight is 216 g/mol. The molecule has 0 spiro atoms. The maximum absolute atomic E-state index is 8.77. The zero-order valence-electron chi connectivity index (χ0n) is 8.51. The molecule has 14 heavy (non-hydrogen) atoms. The molecule has 0 amide bonds. The Hall–Kier alpha value is -0.500. The fourth-order valence-corrected chi connectivity index (χ4v) is 1.95. The molecule has 80 valence electrons. The van der Waals surface area contributed by atoms with Gasteiger partial charge in [-0.25, -0.2) is 0 Å². The van der Waals surface area contributed by atoms with Gasteiger partial charge in [0, 0.05) is 0 Å². The number of nitrogens with zero attached hydrogens (tertiary/aromatic N) is 1. The second kappa shape index (κ2) is 6.88. The van der Waals surface area contributed by atoms with Crippen LogP contribution < -0.4 is 0 Å². The molecule has 0 bridgehead atoms. The first-order valence-corrected chi connectivity index (χ1v) is 5.79. The Morgan fingerprint density at radius 2 is 1.71 bits per heavy atom. The molecule has 1 rings (SSSR count). The van der Waals surface area contributed by atoms with Gasteiger partial charge in [0.1, 0.15) is 0 Å². The lowest BCUT2D eigenvalue weighted by atomic mass is 10.1. The molecule has 0 aliphatic heterocycles. The van der Waals surface area contributed by atoms with Crippen LogP contribution in [0.2, 0.25) is 0 Å². The SMILES string of the molecule is ON=C1CCCCCCCCC=C1Cl. The van der Waals surface area contributed by atoms with Crippen molar-refractivity contribution in [3.8, 4) is 0 Å². The highest BCUT2D eigenvalue weighted by Gasteiger charge is 2.06. The summed E-state index contributed by atoms with van der Waals surface area (Å²) < 4.78 is 0. The van der Waals surface area contributed by atoms with Crippen molar-refractivity contribution in [2.75, 3.05) is 0 Å². The van der Waals surface area contributed by atoms with Gasteiger partial charge in [0.15, 0.2) is 0 Å². The lowest BCUT2D eigenvalue weighted by Crippen LogP contribution is -1.98. The molecule has 0 heterocycles. The van der Waals surface area contributed by atoms with Gasteiger partial charge in [-0.3, -0.25) is 0 Å². The molecule has 1 aliphatic carbocycles. The summed E-state index contributed by atoms with van der Waals surface area (Å²) >= 11 is 6.01. The van der Waals surface area contributed by atoms with Crippen LogP contribution in [0.3, 0.4) is 0 Å². The fourth-order valence-electron chi connectivity index (χ4n) is 1.71. The predicted molar refractivity (Wildman–Crippen MR) is 60.1 cm³/mol. The van der Waals surface area contributed by atoms with E-state index >= 15 is 0 Å². The molecule has 1 aliphatic rings. The van der Waals surface area contributed by atoms with Crippen molar-refractivity contribution in [3.63, 3.8) is 0 Å². The summed E-state index contributed by atoms with van der Waals surface area (Å²) in [5.74, 6) is 0. The number of halogens is 1. The molecule has 0 saturated carbocycles. The Morgan fingerprint density at radius 1 is 1.07 bits per heavy atom. The van der Waals surface area contributed by atoms with Crippen molar-refractivity contribution in [1.82, 2.24) is 0 Å². The molecule has 0 aromatic heterocycles. The Labute approximate surface area is 90.6 Å². The van der Waals surface area contributed by atoms with Gasteiger partial charge >= 0.3 is 0 Å². The smallest absolute Gasteiger partial charge is 0.0978 e. The molecule has 0 aromatic rings. The Bertz CT molecular complexity index is 223. The number of rotatable bonds is 0. The third-order valence-corrected chi connectivity index (χ3v) is 2.96. The number of allylic oxidation sites excluding steroid dienone is 2. The highest BCUT2D eigenvalue weighted by molar-refractivity contribution is 6.43. The van der Waals surface area contributed by atoms with E-state index in [-0.39, 0.29) is 0 Å². The standard InChI is InChI=1S/C11H18ClNO/c12-10-8-6-4-2-1-3-5-7-9-11(10)13-14/h8,14H,1-7,9H2. The number of hydrogen-bond acceptors (Lipinski definition) is 2. The third kappa shape index (κ3) is 4.14. The maximum Gasteiger partial charge on any atom is 0.0978 e. The zero-order chi connectivity index (χ0) is 10.2. The van der Waals surface area contributed by atoms with Gasteiger partial charge < -0.3 is 5.21 Å². The molecular formula is C11H18ClNO. The van der Waals surface area contributed by atoms with Crippen LogP contribution in [0.4, 0.5) is 0 Å². The molecule has 0 atom stereocenters. The van der Waals surface area contributed by atoms with Crippen molar-refractivity contribution >= 4 is 17.3 Å². The summed E-state index contributed by atoms with van der Waals surface area (Å²) in [4.78, 5) is 0. The lowest BCUT2D eigenvalue weighted by Gasteiger charge is -2.01. The fraction of sp³-hybridized carbons (Fsp3) is 0.727. The molecule has 0 fully saturated rings. The van der Waals surface area contributed by atoms with Crippen LogP contribution in [0.25, 0.3) is 0 Å². The first kappa shape index (κ1) is 11.6. The van der Waals surface area contributed by atoms with Crippen LogP contribution in [-0.4, -0.2) is 10.9 Å². The summed E-state index contributed by atoms with van der Waals surface area (Å²) in [6.45, 7) is 0. The lowest BCUT2D eigenvalue weighted by molar-refractivity contribution is 0.318. The van der Waals surface area contributed by atoms with E-state index in [0.29, 0.717) is 10.7 Å². The first-order chi connectivity index (χ1) is 6.84. The van der Waals surface area contributed by atoms with Crippen LogP contribution in [0.15, 0.2) is 16.3 Å². The minimum absolute atomic E-state index is 0.634. The average Bonchev–Trinajstić information content (AvgIpc) is 2.24. The van der Waals surface area contributed by atoms with Crippen LogP contribution in [0, 0.1) is 0 Å². The van der Waals surface area contributed by atoms with Crippen molar-refractivity contribution < 1.29 is 5.21 Å². The Balaban J connectivity index is 2.55. The van der Waals surface area contributed by atoms with Crippen LogP contribution in [0.1, 0.15) is 51.4 Å². The quantitative estimate of drug-likeness (QED) is 0.480. The van der Waals surface area contributed by atoms with Crippen molar-refractivity contribution in [2.24, 2.45) is 5.16 Å². The van der Waals surface area contributed by atoms with E-state index < -0.39 is 0 Å². The molecule has 0 saturated heterocycles. The monoisotopic (exact) mass is 215 g/mol. The van der Waals surface area contributed by atoms with E-state index in [9.17, 15) is 0 Å². The van der Waals surface area contributed by atoms with Crippen molar-refractivity contribution in [3.05, 3.63) is 11.1 Å². The van der Waals surface area contributed by atoms with Crippen LogP contribution in [0.5, 0.6) is 0 Å². The second-order valence-electron chi connectivity index (χ2n) is 3.76. The summed E-state index contributed by atoms with van der Waals surface area (Å²) in [7, 11) is 0. The predicted octanol–water partition coefficient (Wildman–Crippen LogP) is 4.07. The molecule has 0 radical (unpaired) electrons. The summed E-state index contributed by atoms with van der Waals surface area (Å²) in [6, 6.07) is 0. The van der Waals surface area contributed by atoms with Gasteiger partial charge in [0.25, 0.3) is 0 Å². The summed E-state index contributed by atoms with van der Waals surface area (Å²) in [6.07, 6.45) is 11.1. The Kier molecular flexibility index (Phi) is 5.69. The summed E-state index contributed by atoms with van der Waals surface area (Å²) in [5, 5.41) is 12.7. The highest BCUT2D eigenvalue weighted by Crippen LogP contribution is 2.17.